The van der Waals surface area contributed by atoms with E-state index in [9.17, 15) is 4.79 Å². The number of carbonyl (C=O) groups excluding carboxylic acids is 1. The molecule has 2 aromatic rings. The fourth-order valence-corrected chi connectivity index (χ4v) is 3.64. The molecule has 1 aliphatic rings. The highest BCUT2D eigenvalue weighted by Crippen LogP contribution is 2.21. The summed E-state index contributed by atoms with van der Waals surface area (Å²) in [5.74, 6) is 1.42. The van der Waals surface area contributed by atoms with E-state index < -0.39 is 0 Å². The highest BCUT2D eigenvalue weighted by Gasteiger charge is 2.26. The minimum Gasteiger partial charge on any atom is -0.356 e. The number of piperidine rings is 1. The van der Waals surface area contributed by atoms with Gasteiger partial charge in [0.1, 0.15) is 0 Å². The van der Waals surface area contributed by atoms with Crippen molar-refractivity contribution >= 4 is 21.8 Å². The van der Waals surface area contributed by atoms with E-state index in [1.807, 2.05) is 24.3 Å². The molecule has 1 amide bonds. The second-order valence-electron chi connectivity index (χ2n) is 7.09. The molecule has 1 unspecified atom stereocenters. The van der Waals surface area contributed by atoms with Crippen molar-refractivity contribution in [2.75, 3.05) is 19.6 Å². The molecule has 1 fully saturated rings. The van der Waals surface area contributed by atoms with Crippen molar-refractivity contribution in [2.24, 2.45) is 5.92 Å². The summed E-state index contributed by atoms with van der Waals surface area (Å²) in [5.41, 5.74) is 0.927. The maximum absolute atomic E-state index is 12.4. The lowest BCUT2D eigenvalue weighted by molar-refractivity contribution is -0.126. The van der Waals surface area contributed by atoms with Crippen LogP contribution in [-0.2, 0) is 11.3 Å². The Balaban J connectivity index is 1.52. The Kier molecular flexibility index (Phi) is 7.41. The summed E-state index contributed by atoms with van der Waals surface area (Å²) in [6, 6.07) is 7.83. The molecule has 0 saturated carbocycles. The van der Waals surface area contributed by atoms with Crippen LogP contribution in [0.2, 0.25) is 0 Å². The normalized spacial score (nSPS) is 17.8. The van der Waals surface area contributed by atoms with Crippen LogP contribution in [0.3, 0.4) is 0 Å². The zero-order valence-electron chi connectivity index (χ0n) is 15.8. The van der Waals surface area contributed by atoms with Gasteiger partial charge in [-0.2, -0.15) is 4.98 Å². The zero-order valence-corrected chi connectivity index (χ0v) is 17.4. The third-order valence-electron chi connectivity index (χ3n) is 4.89. The van der Waals surface area contributed by atoms with Crippen LogP contribution in [0.25, 0.3) is 11.4 Å². The van der Waals surface area contributed by atoms with E-state index in [1.165, 1.54) is 6.42 Å². The van der Waals surface area contributed by atoms with Gasteiger partial charge in [0.25, 0.3) is 0 Å². The first-order chi connectivity index (χ1) is 13.2. The van der Waals surface area contributed by atoms with Gasteiger partial charge in [0.05, 0.1) is 12.5 Å². The van der Waals surface area contributed by atoms with E-state index in [0.29, 0.717) is 18.3 Å². The number of aromatic nitrogens is 2. The third kappa shape index (κ3) is 5.87. The molecule has 0 spiro atoms. The van der Waals surface area contributed by atoms with Crippen molar-refractivity contribution in [3.8, 4) is 11.4 Å². The molecule has 7 heteroatoms. The Morgan fingerprint density at radius 3 is 2.93 bits per heavy atom. The van der Waals surface area contributed by atoms with Gasteiger partial charge in [-0.25, -0.2) is 0 Å². The molecule has 0 bridgehead atoms. The van der Waals surface area contributed by atoms with Crippen molar-refractivity contribution in [3.63, 3.8) is 0 Å². The molecular formula is C20H27BrN4O2. The Morgan fingerprint density at radius 1 is 1.33 bits per heavy atom. The molecule has 1 atom stereocenters. The van der Waals surface area contributed by atoms with E-state index in [1.54, 1.807) is 0 Å². The van der Waals surface area contributed by atoms with Crippen molar-refractivity contribution in [1.82, 2.24) is 20.4 Å². The van der Waals surface area contributed by atoms with E-state index in [0.717, 1.165) is 55.4 Å². The van der Waals surface area contributed by atoms with Gasteiger partial charge in [0.2, 0.25) is 17.6 Å². The Labute approximate surface area is 168 Å². The second-order valence-corrected chi connectivity index (χ2v) is 8.01. The summed E-state index contributed by atoms with van der Waals surface area (Å²) in [5, 5.41) is 7.17. The molecule has 1 aromatic heterocycles. The quantitative estimate of drug-likeness (QED) is 0.635. The van der Waals surface area contributed by atoms with Gasteiger partial charge in [0, 0.05) is 23.1 Å². The summed E-state index contributed by atoms with van der Waals surface area (Å²) in [6.45, 7) is 5.23. The van der Waals surface area contributed by atoms with Crippen molar-refractivity contribution in [3.05, 3.63) is 34.6 Å². The van der Waals surface area contributed by atoms with E-state index in [2.05, 4.69) is 43.2 Å². The van der Waals surface area contributed by atoms with Crippen molar-refractivity contribution < 1.29 is 9.32 Å². The number of nitrogens with zero attached hydrogens (tertiary/aromatic N) is 3. The molecule has 1 aromatic carbocycles. The number of hydrogen-bond donors (Lipinski definition) is 1. The molecule has 1 N–H and O–H groups in total. The van der Waals surface area contributed by atoms with Crippen LogP contribution in [-0.4, -0.2) is 40.6 Å². The first-order valence-corrected chi connectivity index (χ1v) is 10.5. The van der Waals surface area contributed by atoms with Crippen LogP contribution in [0.4, 0.5) is 0 Å². The van der Waals surface area contributed by atoms with Crippen LogP contribution in [0.15, 0.2) is 33.3 Å². The Bertz CT molecular complexity index is 732. The third-order valence-corrected chi connectivity index (χ3v) is 5.41. The minimum atomic E-state index is 0.0502. The Hall–Kier alpha value is -1.73. The van der Waals surface area contributed by atoms with Gasteiger partial charge in [-0.3, -0.25) is 9.69 Å². The molecule has 0 radical (unpaired) electrons. The van der Waals surface area contributed by atoms with Gasteiger partial charge in [-0.1, -0.05) is 40.9 Å². The van der Waals surface area contributed by atoms with Gasteiger partial charge in [-0.05, 0) is 50.1 Å². The number of benzene rings is 1. The van der Waals surface area contributed by atoms with Crippen molar-refractivity contribution in [1.29, 1.82) is 0 Å². The van der Waals surface area contributed by atoms with Crippen LogP contribution >= 0.6 is 15.9 Å². The fourth-order valence-electron chi connectivity index (χ4n) is 3.37. The van der Waals surface area contributed by atoms with Gasteiger partial charge < -0.3 is 9.84 Å². The van der Waals surface area contributed by atoms with Gasteiger partial charge in [0.15, 0.2) is 0 Å². The second kappa shape index (κ2) is 9.99. The monoisotopic (exact) mass is 434 g/mol. The average molecular weight is 435 g/mol. The molecule has 1 saturated heterocycles. The standard InChI is InChI=1S/C20H27BrN4O2/c1-2-3-4-11-22-20(26)16-6-5-12-25(13-16)14-18-23-19(24-27-18)15-7-9-17(21)10-8-15/h7-10,16H,2-6,11-14H2,1H3,(H,22,26). The molecule has 6 nitrogen and oxygen atoms in total. The lowest BCUT2D eigenvalue weighted by Crippen LogP contribution is -2.42. The lowest BCUT2D eigenvalue weighted by atomic mass is 9.97. The minimum absolute atomic E-state index is 0.0502. The molecule has 3 rings (SSSR count). The molecular weight excluding hydrogens is 408 g/mol. The van der Waals surface area contributed by atoms with Crippen LogP contribution in [0.1, 0.15) is 44.9 Å². The molecule has 2 heterocycles. The summed E-state index contributed by atoms with van der Waals surface area (Å²) in [4.78, 5) is 19.1. The van der Waals surface area contributed by atoms with Crippen LogP contribution in [0, 0.1) is 5.92 Å². The van der Waals surface area contributed by atoms with E-state index >= 15 is 0 Å². The number of amides is 1. The largest absolute Gasteiger partial charge is 0.356 e. The van der Waals surface area contributed by atoms with Gasteiger partial charge >= 0.3 is 0 Å². The number of nitrogens with one attached hydrogen (secondary N) is 1. The summed E-state index contributed by atoms with van der Waals surface area (Å²) < 4.78 is 6.44. The summed E-state index contributed by atoms with van der Waals surface area (Å²) in [6.07, 6.45) is 5.35. The SMILES string of the molecule is CCCCCNC(=O)C1CCCN(Cc2nc(-c3ccc(Br)cc3)no2)C1. The van der Waals surface area contributed by atoms with Crippen LogP contribution < -0.4 is 5.32 Å². The number of rotatable bonds is 8. The first-order valence-electron chi connectivity index (χ1n) is 9.74. The predicted octanol–water partition coefficient (Wildman–Crippen LogP) is 4.02. The number of likely N-dealkylation sites (tertiary alicyclic amines) is 1. The Morgan fingerprint density at radius 2 is 2.15 bits per heavy atom. The van der Waals surface area contributed by atoms with Crippen LogP contribution in [0.5, 0.6) is 0 Å². The average Bonchev–Trinajstić information content (AvgIpc) is 3.14. The molecule has 146 valence electrons. The molecule has 27 heavy (non-hydrogen) atoms. The highest BCUT2D eigenvalue weighted by atomic mass is 79.9. The smallest absolute Gasteiger partial charge is 0.241 e. The topological polar surface area (TPSA) is 71.3 Å². The maximum Gasteiger partial charge on any atom is 0.241 e. The summed E-state index contributed by atoms with van der Waals surface area (Å²) in [7, 11) is 0. The highest BCUT2D eigenvalue weighted by molar-refractivity contribution is 9.10. The number of unbranched alkanes of at least 4 members (excludes halogenated alkanes) is 2. The molecule has 1 aliphatic heterocycles. The fraction of sp³-hybridized carbons (Fsp3) is 0.550. The van der Waals surface area contributed by atoms with Gasteiger partial charge in [-0.15, -0.1) is 0 Å². The lowest BCUT2D eigenvalue weighted by Gasteiger charge is -2.30. The first kappa shape index (κ1) is 20.0. The number of carbonyl (C=O) groups is 1. The summed E-state index contributed by atoms with van der Waals surface area (Å²) >= 11 is 3.43. The maximum atomic E-state index is 12.4. The predicted molar refractivity (Wildman–Crippen MR) is 108 cm³/mol. The van der Waals surface area contributed by atoms with E-state index in [-0.39, 0.29) is 11.8 Å². The molecule has 0 aliphatic carbocycles. The van der Waals surface area contributed by atoms with E-state index in [4.69, 9.17) is 4.52 Å². The zero-order chi connectivity index (χ0) is 19.1. The number of halogens is 1. The van der Waals surface area contributed by atoms with Crippen molar-refractivity contribution in [2.45, 2.75) is 45.6 Å². The number of hydrogen-bond acceptors (Lipinski definition) is 5.